The van der Waals surface area contributed by atoms with Crippen LogP contribution < -0.4 is 14.9 Å². The van der Waals surface area contributed by atoms with Gasteiger partial charge >= 0.3 is 0 Å². The molecule has 0 aliphatic heterocycles. The highest BCUT2D eigenvalue weighted by Crippen LogP contribution is 2.29. The topological polar surface area (TPSA) is 59.9 Å². The summed E-state index contributed by atoms with van der Waals surface area (Å²) >= 11 is 6.19. The summed E-state index contributed by atoms with van der Waals surface area (Å²) < 4.78 is 11.6. The molecule has 0 bridgehead atoms. The number of halogens is 1. The first-order valence-electron chi connectivity index (χ1n) is 10.1. The Morgan fingerprint density at radius 2 is 1.81 bits per heavy atom. The zero-order valence-corrected chi connectivity index (χ0v) is 18.4. The van der Waals surface area contributed by atoms with Crippen molar-refractivity contribution in [2.75, 3.05) is 6.61 Å². The number of amides is 1. The van der Waals surface area contributed by atoms with Crippen LogP contribution in [0.5, 0.6) is 11.5 Å². The first-order chi connectivity index (χ1) is 15.0. The predicted molar refractivity (Wildman–Crippen MR) is 124 cm³/mol. The molecule has 0 fully saturated rings. The van der Waals surface area contributed by atoms with Gasteiger partial charge < -0.3 is 9.47 Å². The van der Waals surface area contributed by atoms with Crippen molar-refractivity contribution in [2.45, 2.75) is 26.9 Å². The fourth-order valence-electron chi connectivity index (χ4n) is 2.87. The molecule has 3 aromatic carbocycles. The van der Waals surface area contributed by atoms with E-state index in [1.54, 1.807) is 6.21 Å². The van der Waals surface area contributed by atoms with Crippen molar-refractivity contribution in [1.29, 1.82) is 0 Å². The number of benzene rings is 3. The lowest BCUT2D eigenvalue weighted by molar-refractivity contribution is -0.120. The van der Waals surface area contributed by atoms with E-state index in [-0.39, 0.29) is 12.3 Å². The van der Waals surface area contributed by atoms with Gasteiger partial charge in [-0.05, 0) is 49.2 Å². The second-order valence-corrected chi connectivity index (χ2v) is 7.38. The quantitative estimate of drug-likeness (QED) is 0.365. The predicted octanol–water partition coefficient (Wildman–Crippen LogP) is 5.32. The zero-order valence-electron chi connectivity index (χ0n) is 17.6. The summed E-state index contributed by atoms with van der Waals surface area (Å²) in [6.07, 6.45) is 1.85. The van der Waals surface area contributed by atoms with Gasteiger partial charge in [-0.25, -0.2) is 5.43 Å². The molecule has 6 heteroatoms. The lowest BCUT2D eigenvalue weighted by Gasteiger charge is -2.13. The van der Waals surface area contributed by atoms with E-state index < -0.39 is 0 Å². The minimum atomic E-state index is -0.176. The largest absolute Gasteiger partial charge is 0.490 e. The third-order valence-corrected chi connectivity index (χ3v) is 4.87. The van der Waals surface area contributed by atoms with Crippen LogP contribution >= 0.6 is 11.6 Å². The third kappa shape index (κ3) is 6.86. The zero-order chi connectivity index (χ0) is 22.1. The van der Waals surface area contributed by atoms with Crippen molar-refractivity contribution in [3.8, 4) is 11.5 Å². The maximum atomic E-state index is 12.1. The molecule has 3 aromatic rings. The van der Waals surface area contributed by atoms with Crippen LogP contribution in [0.2, 0.25) is 5.02 Å². The first kappa shape index (κ1) is 22.4. The first-order valence-corrected chi connectivity index (χ1v) is 10.4. The molecule has 1 amide bonds. The summed E-state index contributed by atoms with van der Waals surface area (Å²) in [6, 6.07) is 20.9. The Hall–Kier alpha value is -3.31. The lowest BCUT2D eigenvalue weighted by atomic mass is 10.1. The average Bonchev–Trinajstić information content (AvgIpc) is 2.76. The van der Waals surface area contributed by atoms with Crippen molar-refractivity contribution in [2.24, 2.45) is 5.10 Å². The number of hydrogen-bond donors (Lipinski definition) is 1. The molecule has 0 saturated carbocycles. The van der Waals surface area contributed by atoms with Gasteiger partial charge in [-0.2, -0.15) is 5.10 Å². The smallest absolute Gasteiger partial charge is 0.244 e. The number of carbonyl (C=O) groups is 1. The van der Waals surface area contributed by atoms with E-state index in [1.807, 2.05) is 80.6 Å². The van der Waals surface area contributed by atoms with E-state index >= 15 is 0 Å². The SMILES string of the molecule is CCOc1cc(/C=N\NC(=O)Cc2ccc(C)cc2)ccc1OCc1ccccc1Cl. The van der Waals surface area contributed by atoms with Gasteiger partial charge in [-0.1, -0.05) is 59.6 Å². The van der Waals surface area contributed by atoms with E-state index in [2.05, 4.69) is 10.5 Å². The van der Waals surface area contributed by atoms with E-state index in [0.29, 0.717) is 29.7 Å². The maximum absolute atomic E-state index is 12.1. The molecule has 0 aliphatic rings. The molecular weight excluding hydrogens is 412 g/mol. The molecule has 0 saturated heterocycles. The van der Waals surface area contributed by atoms with Crippen molar-refractivity contribution in [1.82, 2.24) is 5.43 Å². The molecule has 0 radical (unpaired) electrons. The highest BCUT2D eigenvalue weighted by atomic mass is 35.5. The minimum absolute atomic E-state index is 0.176. The van der Waals surface area contributed by atoms with Gasteiger partial charge in [-0.3, -0.25) is 4.79 Å². The van der Waals surface area contributed by atoms with Crippen LogP contribution in [0.25, 0.3) is 0 Å². The van der Waals surface area contributed by atoms with Crippen molar-refractivity contribution < 1.29 is 14.3 Å². The second-order valence-electron chi connectivity index (χ2n) is 6.97. The van der Waals surface area contributed by atoms with Crippen LogP contribution in [0.1, 0.15) is 29.2 Å². The molecule has 0 unspecified atom stereocenters. The van der Waals surface area contributed by atoms with Gasteiger partial charge in [0, 0.05) is 10.6 Å². The van der Waals surface area contributed by atoms with E-state index in [4.69, 9.17) is 21.1 Å². The van der Waals surface area contributed by atoms with Crippen molar-refractivity contribution in [3.05, 3.63) is 94.0 Å². The van der Waals surface area contributed by atoms with Crippen molar-refractivity contribution >= 4 is 23.7 Å². The Morgan fingerprint density at radius 1 is 1.03 bits per heavy atom. The van der Waals surface area contributed by atoms with Gasteiger partial charge in [0.15, 0.2) is 11.5 Å². The van der Waals surface area contributed by atoms with Gasteiger partial charge in [0.2, 0.25) is 5.91 Å². The number of nitrogens with one attached hydrogen (secondary N) is 1. The summed E-state index contributed by atoms with van der Waals surface area (Å²) in [7, 11) is 0. The second kappa shape index (κ2) is 11.2. The highest BCUT2D eigenvalue weighted by molar-refractivity contribution is 6.31. The molecule has 31 heavy (non-hydrogen) atoms. The maximum Gasteiger partial charge on any atom is 0.244 e. The monoisotopic (exact) mass is 436 g/mol. The van der Waals surface area contributed by atoms with Crippen LogP contribution in [-0.2, 0) is 17.8 Å². The molecule has 160 valence electrons. The molecule has 0 heterocycles. The number of hydrazone groups is 1. The van der Waals surface area contributed by atoms with Gasteiger partial charge in [0.05, 0.1) is 19.2 Å². The van der Waals surface area contributed by atoms with E-state index in [9.17, 15) is 4.79 Å². The molecule has 0 aliphatic carbocycles. The van der Waals surface area contributed by atoms with E-state index in [0.717, 1.165) is 22.3 Å². The Labute approximate surface area is 187 Å². The van der Waals surface area contributed by atoms with Crippen molar-refractivity contribution in [3.63, 3.8) is 0 Å². The number of carbonyl (C=O) groups excluding carboxylic acids is 1. The van der Waals surface area contributed by atoms with Gasteiger partial charge in [-0.15, -0.1) is 0 Å². The number of ether oxygens (including phenoxy) is 2. The summed E-state index contributed by atoms with van der Waals surface area (Å²) in [5, 5.41) is 4.71. The Kier molecular flexibility index (Phi) is 8.07. The number of rotatable bonds is 9. The van der Waals surface area contributed by atoms with Crippen LogP contribution in [0, 0.1) is 6.92 Å². The number of hydrogen-bond acceptors (Lipinski definition) is 4. The fourth-order valence-corrected chi connectivity index (χ4v) is 3.06. The summed E-state index contributed by atoms with van der Waals surface area (Å²) in [5.74, 6) is 1.04. The van der Waals surface area contributed by atoms with Crippen LogP contribution in [0.4, 0.5) is 0 Å². The summed E-state index contributed by atoms with van der Waals surface area (Å²) in [6.45, 7) is 4.75. The number of nitrogens with zero attached hydrogens (tertiary/aromatic N) is 1. The molecule has 0 atom stereocenters. The summed E-state index contributed by atoms with van der Waals surface area (Å²) in [5.41, 5.74) is 6.34. The average molecular weight is 437 g/mol. The van der Waals surface area contributed by atoms with E-state index in [1.165, 1.54) is 0 Å². The Morgan fingerprint density at radius 3 is 2.55 bits per heavy atom. The number of aryl methyl sites for hydroxylation is 1. The minimum Gasteiger partial charge on any atom is -0.490 e. The normalized spacial score (nSPS) is 10.8. The van der Waals surface area contributed by atoms with Gasteiger partial charge in [0.25, 0.3) is 0 Å². The lowest BCUT2D eigenvalue weighted by Crippen LogP contribution is -2.19. The highest BCUT2D eigenvalue weighted by Gasteiger charge is 2.08. The van der Waals surface area contributed by atoms with Crippen LogP contribution in [-0.4, -0.2) is 18.7 Å². The Balaban J connectivity index is 1.60. The third-order valence-electron chi connectivity index (χ3n) is 4.50. The molecule has 0 aromatic heterocycles. The fraction of sp³-hybridized carbons (Fsp3) is 0.200. The molecule has 3 rings (SSSR count). The Bertz CT molecular complexity index is 1050. The molecular formula is C25H25ClN2O3. The van der Waals surface area contributed by atoms with Crippen LogP contribution in [0.15, 0.2) is 71.8 Å². The molecule has 1 N–H and O–H groups in total. The molecule has 5 nitrogen and oxygen atoms in total. The molecule has 0 spiro atoms. The summed E-state index contributed by atoms with van der Waals surface area (Å²) in [4.78, 5) is 12.1. The van der Waals surface area contributed by atoms with Crippen LogP contribution in [0.3, 0.4) is 0 Å². The van der Waals surface area contributed by atoms with Gasteiger partial charge in [0.1, 0.15) is 6.61 Å². The standard InChI is InChI=1S/C25H25ClN2O3/c1-3-30-24-14-20(12-13-23(24)31-17-21-6-4-5-7-22(21)26)16-27-28-25(29)15-19-10-8-18(2)9-11-19/h4-14,16H,3,15,17H2,1-2H3,(H,28,29)/b27-16-.